The first-order chi connectivity index (χ1) is 9.11. The van der Waals surface area contributed by atoms with Crippen molar-refractivity contribution in [2.45, 2.75) is 25.4 Å². The van der Waals surface area contributed by atoms with Crippen LogP contribution in [0.4, 0.5) is 5.69 Å². The summed E-state index contributed by atoms with van der Waals surface area (Å²) in [6.45, 7) is 3.39. The van der Waals surface area contributed by atoms with E-state index in [1.54, 1.807) is 14.0 Å². The molecule has 6 heteroatoms. The largest absolute Gasteiger partial charge is 0.495 e. The van der Waals surface area contributed by atoms with Crippen LogP contribution < -0.4 is 20.7 Å². The van der Waals surface area contributed by atoms with Gasteiger partial charge in [0, 0.05) is 19.1 Å². The topological polar surface area (TPSA) is 67.6 Å². The van der Waals surface area contributed by atoms with Crippen LogP contribution in [0.15, 0.2) is 24.3 Å². The minimum absolute atomic E-state index is 0. The summed E-state index contributed by atoms with van der Waals surface area (Å²) in [5, 5.41) is 2.97. The molecule has 1 saturated heterocycles. The van der Waals surface area contributed by atoms with Gasteiger partial charge in [-0.3, -0.25) is 4.79 Å². The Hall–Kier alpha value is -1.46. The van der Waals surface area contributed by atoms with Crippen molar-refractivity contribution < 1.29 is 9.53 Å². The van der Waals surface area contributed by atoms with Crippen molar-refractivity contribution in [3.8, 4) is 5.75 Å². The van der Waals surface area contributed by atoms with Gasteiger partial charge in [-0.05, 0) is 25.5 Å². The number of nitrogens with zero attached hydrogens (tertiary/aromatic N) is 1. The average molecular weight is 300 g/mol. The second-order valence-electron chi connectivity index (χ2n) is 4.90. The Kier molecular flexibility index (Phi) is 6.10. The van der Waals surface area contributed by atoms with E-state index >= 15 is 0 Å². The quantitative estimate of drug-likeness (QED) is 0.875. The van der Waals surface area contributed by atoms with Crippen molar-refractivity contribution in [3.63, 3.8) is 0 Å². The van der Waals surface area contributed by atoms with Gasteiger partial charge in [0.15, 0.2) is 0 Å². The molecule has 1 aliphatic heterocycles. The monoisotopic (exact) mass is 299 g/mol. The van der Waals surface area contributed by atoms with E-state index in [0.29, 0.717) is 0 Å². The van der Waals surface area contributed by atoms with Crippen LogP contribution in [0, 0.1) is 0 Å². The van der Waals surface area contributed by atoms with E-state index in [0.717, 1.165) is 30.9 Å². The normalized spacial score (nSPS) is 19.1. The first-order valence-corrected chi connectivity index (χ1v) is 6.55. The predicted octanol–water partition coefficient (Wildman–Crippen LogP) is 1.16. The molecule has 0 radical (unpaired) electrons. The first-order valence-electron chi connectivity index (χ1n) is 6.55. The fraction of sp³-hybridized carbons (Fsp3) is 0.500. The average Bonchev–Trinajstić information content (AvgIpc) is 2.86. The summed E-state index contributed by atoms with van der Waals surface area (Å²) in [7, 11) is 1.67. The second kappa shape index (κ2) is 7.36. The Morgan fingerprint density at radius 2 is 2.20 bits per heavy atom. The molecule has 2 unspecified atom stereocenters. The van der Waals surface area contributed by atoms with Crippen LogP contribution in [0.2, 0.25) is 0 Å². The van der Waals surface area contributed by atoms with Crippen LogP contribution in [0.5, 0.6) is 5.75 Å². The summed E-state index contributed by atoms with van der Waals surface area (Å²) in [5.74, 6) is 0.772. The lowest BCUT2D eigenvalue weighted by Crippen LogP contribution is -2.44. The zero-order chi connectivity index (χ0) is 13.8. The number of carbonyl (C=O) groups excluding carboxylic acids is 1. The van der Waals surface area contributed by atoms with E-state index in [4.69, 9.17) is 10.5 Å². The molecule has 20 heavy (non-hydrogen) atoms. The van der Waals surface area contributed by atoms with Crippen molar-refractivity contribution >= 4 is 24.0 Å². The number of halogens is 1. The lowest BCUT2D eigenvalue weighted by atomic mass is 10.2. The van der Waals surface area contributed by atoms with Crippen molar-refractivity contribution in [2.75, 3.05) is 25.1 Å². The lowest BCUT2D eigenvalue weighted by Gasteiger charge is -2.21. The van der Waals surface area contributed by atoms with Gasteiger partial charge < -0.3 is 20.7 Å². The number of methoxy groups -OCH3 is 1. The molecule has 0 aliphatic carbocycles. The van der Waals surface area contributed by atoms with E-state index in [1.165, 1.54) is 0 Å². The van der Waals surface area contributed by atoms with Crippen LogP contribution in [-0.4, -0.2) is 38.2 Å². The van der Waals surface area contributed by atoms with E-state index < -0.39 is 6.04 Å². The molecule has 3 N–H and O–H groups in total. The smallest absolute Gasteiger partial charge is 0.236 e. The number of nitrogens with one attached hydrogen (secondary N) is 1. The van der Waals surface area contributed by atoms with Crippen LogP contribution in [-0.2, 0) is 4.79 Å². The zero-order valence-corrected chi connectivity index (χ0v) is 12.7. The molecule has 1 aromatic carbocycles. The summed E-state index contributed by atoms with van der Waals surface area (Å²) in [6.07, 6.45) is 0.927. The summed E-state index contributed by atoms with van der Waals surface area (Å²) in [5.41, 5.74) is 6.63. The van der Waals surface area contributed by atoms with Crippen LogP contribution in [0.25, 0.3) is 0 Å². The Balaban J connectivity index is 0.00000200. The minimum atomic E-state index is -0.458. The highest BCUT2D eigenvalue weighted by molar-refractivity contribution is 5.85. The number of anilines is 1. The predicted molar refractivity (Wildman–Crippen MR) is 82.7 cm³/mol. The van der Waals surface area contributed by atoms with Gasteiger partial charge in [-0.2, -0.15) is 0 Å². The number of hydrogen-bond donors (Lipinski definition) is 2. The van der Waals surface area contributed by atoms with E-state index in [1.807, 2.05) is 24.3 Å². The lowest BCUT2D eigenvalue weighted by molar-refractivity contribution is -0.122. The molecule has 1 amide bonds. The second-order valence-corrected chi connectivity index (χ2v) is 4.90. The van der Waals surface area contributed by atoms with Gasteiger partial charge >= 0.3 is 0 Å². The van der Waals surface area contributed by atoms with E-state index in [-0.39, 0.29) is 24.4 Å². The molecule has 1 aliphatic rings. The van der Waals surface area contributed by atoms with Crippen LogP contribution in [0.1, 0.15) is 13.3 Å². The molecular formula is C14H22ClN3O2. The number of amides is 1. The van der Waals surface area contributed by atoms with Crippen molar-refractivity contribution in [2.24, 2.45) is 5.73 Å². The number of nitrogens with two attached hydrogens (primary N) is 1. The Morgan fingerprint density at radius 3 is 2.85 bits per heavy atom. The molecule has 2 rings (SSSR count). The van der Waals surface area contributed by atoms with Crippen molar-refractivity contribution in [1.29, 1.82) is 0 Å². The van der Waals surface area contributed by atoms with Gasteiger partial charge in [0.2, 0.25) is 5.91 Å². The van der Waals surface area contributed by atoms with Gasteiger partial charge in [0.1, 0.15) is 5.75 Å². The molecule has 1 aromatic rings. The number of carbonyl (C=O) groups is 1. The summed E-state index contributed by atoms with van der Waals surface area (Å²) >= 11 is 0. The SMILES string of the molecule is COc1ccccc1N1CCC(NC(=O)C(C)N)C1.Cl. The first kappa shape index (κ1) is 16.6. The molecule has 0 saturated carbocycles. The number of ether oxygens (including phenoxy) is 1. The third-order valence-corrected chi connectivity index (χ3v) is 3.37. The van der Waals surface area contributed by atoms with Gasteiger partial charge in [-0.15, -0.1) is 12.4 Å². The van der Waals surface area contributed by atoms with E-state index in [9.17, 15) is 4.79 Å². The summed E-state index contributed by atoms with van der Waals surface area (Å²) in [4.78, 5) is 13.8. The molecule has 2 atom stereocenters. The fourth-order valence-corrected chi connectivity index (χ4v) is 2.32. The van der Waals surface area contributed by atoms with E-state index in [2.05, 4.69) is 10.2 Å². The highest BCUT2D eigenvalue weighted by Gasteiger charge is 2.26. The third-order valence-electron chi connectivity index (χ3n) is 3.37. The van der Waals surface area contributed by atoms with Crippen LogP contribution >= 0.6 is 12.4 Å². The molecule has 0 spiro atoms. The van der Waals surface area contributed by atoms with Crippen LogP contribution in [0.3, 0.4) is 0 Å². The van der Waals surface area contributed by atoms with Gasteiger partial charge in [0.05, 0.1) is 18.8 Å². The molecule has 1 fully saturated rings. The number of benzene rings is 1. The van der Waals surface area contributed by atoms with Gasteiger partial charge in [-0.1, -0.05) is 12.1 Å². The number of rotatable bonds is 4. The number of para-hydroxylation sites is 2. The molecule has 1 heterocycles. The maximum absolute atomic E-state index is 11.6. The Morgan fingerprint density at radius 1 is 1.50 bits per heavy atom. The molecule has 112 valence electrons. The van der Waals surface area contributed by atoms with Gasteiger partial charge in [0.25, 0.3) is 0 Å². The Labute approximate surface area is 125 Å². The summed E-state index contributed by atoms with van der Waals surface area (Å²) in [6, 6.07) is 7.63. The molecule has 0 bridgehead atoms. The Bertz CT molecular complexity index is 454. The molecule has 0 aromatic heterocycles. The highest BCUT2D eigenvalue weighted by atomic mass is 35.5. The van der Waals surface area contributed by atoms with Crippen molar-refractivity contribution in [3.05, 3.63) is 24.3 Å². The standard InChI is InChI=1S/C14H21N3O2.ClH/c1-10(15)14(18)16-11-7-8-17(9-11)12-5-3-4-6-13(12)19-2;/h3-6,10-11H,7-9,15H2,1-2H3,(H,16,18);1H. The third kappa shape index (κ3) is 3.77. The maximum Gasteiger partial charge on any atom is 0.236 e. The van der Waals surface area contributed by atoms with Gasteiger partial charge in [-0.25, -0.2) is 0 Å². The zero-order valence-electron chi connectivity index (χ0n) is 11.8. The maximum atomic E-state index is 11.6. The molecular weight excluding hydrogens is 278 g/mol. The van der Waals surface area contributed by atoms with Crippen molar-refractivity contribution in [1.82, 2.24) is 5.32 Å². The minimum Gasteiger partial charge on any atom is -0.495 e. The summed E-state index contributed by atoms with van der Waals surface area (Å²) < 4.78 is 5.36. The fourth-order valence-electron chi connectivity index (χ4n) is 2.32. The highest BCUT2D eigenvalue weighted by Crippen LogP contribution is 2.30. The molecule has 5 nitrogen and oxygen atoms in total. The number of hydrogen-bond acceptors (Lipinski definition) is 4.